The second kappa shape index (κ2) is 9.08. The van der Waals surface area contributed by atoms with E-state index in [0.29, 0.717) is 11.5 Å². The van der Waals surface area contributed by atoms with Gasteiger partial charge < -0.3 is 24.4 Å². The summed E-state index contributed by atoms with van der Waals surface area (Å²) in [4.78, 5) is 25.3. The normalized spacial score (nSPS) is 17.1. The lowest BCUT2D eigenvalue weighted by Gasteiger charge is -2.30. The number of sulfonamides is 1. The summed E-state index contributed by atoms with van der Waals surface area (Å²) in [5.74, 6) is 0.620. The summed E-state index contributed by atoms with van der Waals surface area (Å²) in [6.45, 7) is -0.156. The molecule has 2 aliphatic heterocycles. The maximum atomic E-state index is 13.1. The lowest BCUT2D eigenvalue weighted by Crippen LogP contribution is -2.45. The third-order valence-electron chi connectivity index (χ3n) is 5.18. The number of hydrogen-bond acceptors (Lipinski definition) is 7. The number of ether oxygens (including phenoxy) is 3. The third-order valence-corrected chi connectivity index (χ3v) is 7.45. The van der Waals surface area contributed by atoms with Crippen LogP contribution in [0.1, 0.15) is 0 Å². The number of nitrogens with zero attached hydrogens (tertiary/aromatic N) is 2. The van der Waals surface area contributed by atoms with Crippen molar-refractivity contribution in [3.8, 4) is 17.2 Å². The molecule has 0 saturated heterocycles. The molecule has 10 nitrogen and oxygen atoms in total. The van der Waals surface area contributed by atoms with Crippen molar-refractivity contribution in [2.45, 2.75) is 11.0 Å². The van der Waals surface area contributed by atoms with E-state index in [0.717, 1.165) is 4.31 Å². The van der Waals surface area contributed by atoms with E-state index >= 15 is 0 Å². The molecule has 0 saturated carbocycles. The summed E-state index contributed by atoms with van der Waals surface area (Å²) < 4.78 is 43.8. The fraction of sp³-hybridized carbons (Fsp3) is 0.333. The molecule has 12 heteroatoms. The minimum atomic E-state index is -4.11. The predicted octanol–water partition coefficient (Wildman–Crippen LogP) is 1.59. The third kappa shape index (κ3) is 4.85. The molecule has 2 heterocycles. The van der Waals surface area contributed by atoms with Crippen LogP contribution in [0.4, 0.5) is 5.69 Å². The molecular weight excluding hydrogens is 474 g/mol. The molecule has 2 aromatic rings. The smallest absolute Gasteiger partial charge is 0.262 e. The van der Waals surface area contributed by atoms with Gasteiger partial charge in [-0.1, -0.05) is 23.7 Å². The molecule has 2 amide bonds. The summed E-state index contributed by atoms with van der Waals surface area (Å²) in [6, 6.07) is 9.78. The monoisotopic (exact) mass is 495 g/mol. The molecule has 1 atom stereocenters. The maximum absolute atomic E-state index is 13.1. The number of nitrogens with one attached hydrogen (secondary N) is 1. The van der Waals surface area contributed by atoms with E-state index in [-0.39, 0.29) is 47.0 Å². The molecule has 0 aromatic heterocycles. The molecule has 0 bridgehead atoms. The molecule has 1 N–H and O–H groups in total. The predicted molar refractivity (Wildman–Crippen MR) is 119 cm³/mol. The van der Waals surface area contributed by atoms with Crippen LogP contribution in [-0.4, -0.2) is 75.9 Å². The van der Waals surface area contributed by atoms with Crippen LogP contribution in [0.5, 0.6) is 17.2 Å². The topological polar surface area (TPSA) is 114 Å². The second-order valence-corrected chi connectivity index (χ2v) is 10.1. The van der Waals surface area contributed by atoms with Crippen LogP contribution >= 0.6 is 11.6 Å². The number of para-hydroxylation sites is 2. The Balaban J connectivity index is 1.41. The summed E-state index contributed by atoms with van der Waals surface area (Å²) in [5, 5.41) is 2.46. The Morgan fingerprint density at radius 3 is 2.64 bits per heavy atom. The van der Waals surface area contributed by atoms with E-state index in [2.05, 4.69) is 5.32 Å². The molecule has 33 heavy (non-hydrogen) atoms. The lowest BCUT2D eigenvalue weighted by molar-refractivity contribution is -0.131. The van der Waals surface area contributed by atoms with Crippen molar-refractivity contribution in [1.29, 1.82) is 0 Å². The van der Waals surface area contributed by atoms with Gasteiger partial charge in [-0.2, -0.15) is 4.31 Å². The van der Waals surface area contributed by atoms with E-state index in [9.17, 15) is 18.0 Å². The highest BCUT2D eigenvalue weighted by molar-refractivity contribution is 7.89. The first-order valence-electron chi connectivity index (χ1n) is 10.00. The van der Waals surface area contributed by atoms with Crippen molar-refractivity contribution in [3.05, 3.63) is 41.4 Å². The Kier molecular flexibility index (Phi) is 6.37. The van der Waals surface area contributed by atoms with E-state index in [1.165, 1.54) is 24.1 Å². The Labute approximate surface area is 196 Å². The SMILES string of the molecule is CN(C[C@H]1COc2ccccc2O1)C(=O)CN(C)S(=O)(=O)c1cc2c(cc1Cl)NC(=O)CO2. The number of likely N-dealkylation sites (N-methyl/N-ethyl adjacent to an activating group) is 2. The highest BCUT2D eigenvalue weighted by Gasteiger charge is 2.30. The van der Waals surface area contributed by atoms with Crippen molar-refractivity contribution < 1.29 is 32.2 Å². The van der Waals surface area contributed by atoms with Crippen LogP contribution in [0.25, 0.3) is 0 Å². The van der Waals surface area contributed by atoms with Crippen molar-refractivity contribution in [1.82, 2.24) is 9.21 Å². The van der Waals surface area contributed by atoms with Crippen molar-refractivity contribution in [2.24, 2.45) is 0 Å². The van der Waals surface area contributed by atoms with Crippen LogP contribution in [0.15, 0.2) is 41.3 Å². The molecule has 176 valence electrons. The largest absolute Gasteiger partial charge is 0.486 e. The first-order valence-corrected chi connectivity index (χ1v) is 11.8. The van der Waals surface area contributed by atoms with Crippen LogP contribution in [-0.2, 0) is 19.6 Å². The Morgan fingerprint density at radius 2 is 1.88 bits per heavy atom. The number of rotatable bonds is 6. The van der Waals surface area contributed by atoms with E-state index in [4.69, 9.17) is 25.8 Å². The summed E-state index contributed by atoms with van der Waals surface area (Å²) >= 11 is 6.17. The fourth-order valence-electron chi connectivity index (χ4n) is 3.40. The zero-order valence-electron chi connectivity index (χ0n) is 17.9. The number of fused-ring (bicyclic) bond motifs is 2. The molecule has 0 unspecified atom stereocenters. The van der Waals surface area contributed by atoms with Crippen molar-refractivity contribution >= 4 is 39.1 Å². The quantitative estimate of drug-likeness (QED) is 0.647. The van der Waals surface area contributed by atoms with Gasteiger partial charge in [0.1, 0.15) is 17.3 Å². The van der Waals surface area contributed by atoms with Gasteiger partial charge in [0.2, 0.25) is 15.9 Å². The lowest BCUT2D eigenvalue weighted by atomic mass is 10.2. The molecular formula is C21H22ClN3O7S. The van der Waals surface area contributed by atoms with Gasteiger partial charge in [-0.25, -0.2) is 8.42 Å². The van der Waals surface area contributed by atoms with Gasteiger partial charge in [0.15, 0.2) is 24.2 Å². The molecule has 0 radical (unpaired) electrons. The van der Waals surface area contributed by atoms with Gasteiger partial charge in [-0.15, -0.1) is 0 Å². The van der Waals surface area contributed by atoms with Crippen LogP contribution in [0.3, 0.4) is 0 Å². The zero-order valence-corrected chi connectivity index (χ0v) is 19.5. The van der Waals surface area contributed by atoms with Crippen LogP contribution in [0.2, 0.25) is 5.02 Å². The zero-order chi connectivity index (χ0) is 23.8. The molecule has 0 spiro atoms. The first kappa shape index (κ1) is 23.1. The minimum absolute atomic E-state index is 0.0985. The second-order valence-electron chi connectivity index (χ2n) is 7.65. The fourth-order valence-corrected chi connectivity index (χ4v) is 5.04. The number of halogens is 1. The number of anilines is 1. The molecule has 2 aliphatic rings. The Hall–Kier alpha value is -3.02. The number of hydrogen-bond donors (Lipinski definition) is 1. The average Bonchev–Trinajstić information content (AvgIpc) is 2.78. The van der Waals surface area contributed by atoms with Crippen molar-refractivity contribution in [2.75, 3.05) is 45.7 Å². The van der Waals surface area contributed by atoms with Gasteiger partial charge in [0.05, 0.1) is 23.8 Å². The standard InChI is InChI=1S/C21H22ClN3O7S/c1-24(9-13-11-30-16-5-3-4-6-17(16)32-13)21(27)10-25(2)33(28,29)19-8-18-15(7-14(19)22)23-20(26)12-31-18/h3-8,13H,9-12H2,1-2H3,(H,23,26)/t13-/m0/s1. The Bertz CT molecular complexity index is 1200. The van der Waals surface area contributed by atoms with E-state index < -0.39 is 28.6 Å². The first-order chi connectivity index (χ1) is 15.6. The molecule has 4 rings (SSSR count). The Morgan fingerprint density at radius 1 is 1.15 bits per heavy atom. The molecule has 0 aliphatic carbocycles. The van der Waals surface area contributed by atoms with Crippen LogP contribution in [0, 0.1) is 0 Å². The van der Waals surface area contributed by atoms with Gasteiger partial charge in [0, 0.05) is 20.2 Å². The highest BCUT2D eigenvalue weighted by Crippen LogP contribution is 2.36. The van der Waals surface area contributed by atoms with E-state index in [1.807, 2.05) is 12.1 Å². The number of carbonyl (C=O) groups excluding carboxylic acids is 2. The summed E-state index contributed by atoms with van der Waals surface area (Å²) in [6.07, 6.45) is -0.391. The number of amides is 2. The van der Waals surface area contributed by atoms with Crippen molar-refractivity contribution in [3.63, 3.8) is 0 Å². The average molecular weight is 496 g/mol. The minimum Gasteiger partial charge on any atom is -0.486 e. The van der Waals surface area contributed by atoms with E-state index in [1.54, 1.807) is 19.2 Å². The van der Waals surface area contributed by atoms with Crippen LogP contribution < -0.4 is 19.5 Å². The number of benzene rings is 2. The molecule has 0 fully saturated rings. The number of carbonyl (C=O) groups is 2. The maximum Gasteiger partial charge on any atom is 0.262 e. The van der Waals surface area contributed by atoms with Gasteiger partial charge in [0.25, 0.3) is 5.91 Å². The molecule has 2 aromatic carbocycles. The van der Waals surface area contributed by atoms with Gasteiger partial charge >= 0.3 is 0 Å². The van der Waals surface area contributed by atoms with Gasteiger partial charge in [-0.3, -0.25) is 9.59 Å². The summed E-state index contributed by atoms with van der Waals surface area (Å²) in [5.41, 5.74) is 0.282. The summed E-state index contributed by atoms with van der Waals surface area (Å²) in [7, 11) is -1.26. The van der Waals surface area contributed by atoms with Gasteiger partial charge in [-0.05, 0) is 18.2 Å². The highest BCUT2D eigenvalue weighted by atomic mass is 35.5.